The van der Waals surface area contributed by atoms with Crippen molar-refractivity contribution in [1.82, 2.24) is 9.88 Å². The average molecular weight is 377 g/mol. The molecular weight excluding hydrogens is 356 g/mol. The first-order valence-electron chi connectivity index (χ1n) is 6.81. The van der Waals surface area contributed by atoms with E-state index in [1.807, 2.05) is 0 Å². The number of rotatable bonds is 4. The summed E-state index contributed by atoms with van der Waals surface area (Å²) in [4.78, 5) is 8.77. The molecule has 2 rings (SSSR count). The smallest absolute Gasteiger partial charge is 0.229 e. The molecular formula is C13H21BrN4O2S. The largest absolute Gasteiger partial charge is 0.355 e. The second kappa shape index (κ2) is 6.50. The van der Waals surface area contributed by atoms with E-state index >= 15 is 0 Å². The summed E-state index contributed by atoms with van der Waals surface area (Å²) in [5.41, 5.74) is 0.523. The van der Waals surface area contributed by atoms with Crippen molar-refractivity contribution in [3.63, 3.8) is 0 Å². The van der Waals surface area contributed by atoms with E-state index in [9.17, 15) is 8.42 Å². The van der Waals surface area contributed by atoms with E-state index in [0.29, 0.717) is 17.5 Å². The predicted octanol–water partition coefficient (Wildman–Crippen LogP) is 1.75. The van der Waals surface area contributed by atoms with Crippen molar-refractivity contribution in [2.45, 2.75) is 18.9 Å². The van der Waals surface area contributed by atoms with Crippen molar-refractivity contribution in [3.8, 4) is 0 Å². The number of nitrogens with zero attached hydrogens (tertiary/aromatic N) is 3. The Balaban J connectivity index is 2.20. The molecule has 6 nitrogen and oxygen atoms in total. The van der Waals surface area contributed by atoms with Crippen LogP contribution in [0.15, 0.2) is 16.7 Å². The first kappa shape index (κ1) is 16.5. The van der Waals surface area contributed by atoms with Crippen molar-refractivity contribution in [1.29, 1.82) is 0 Å². The standard InChI is InChI=1S/C13H21BrN4O2S/c1-17(2)11-4-6-18(7-5-11)13-12(16-21(3,19)20)8-10(14)9-15-13/h8-9,11,16H,4-7H2,1-3H3. The van der Waals surface area contributed by atoms with Crippen molar-refractivity contribution in [2.75, 3.05) is 43.1 Å². The Morgan fingerprint density at radius 3 is 2.52 bits per heavy atom. The molecule has 1 N–H and O–H groups in total. The van der Waals surface area contributed by atoms with Gasteiger partial charge in [0.05, 0.1) is 11.9 Å². The highest BCUT2D eigenvalue weighted by Crippen LogP contribution is 2.29. The molecule has 1 aromatic rings. The molecule has 118 valence electrons. The number of nitrogens with one attached hydrogen (secondary N) is 1. The van der Waals surface area contributed by atoms with E-state index in [2.05, 4.69) is 49.5 Å². The highest BCUT2D eigenvalue weighted by atomic mass is 79.9. The lowest BCUT2D eigenvalue weighted by Gasteiger charge is -2.36. The third-order valence-electron chi connectivity index (χ3n) is 3.62. The lowest BCUT2D eigenvalue weighted by atomic mass is 10.0. The molecule has 1 saturated heterocycles. The second-order valence-electron chi connectivity index (χ2n) is 5.58. The fourth-order valence-corrected chi connectivity index (χ4v) is 3.43. The van der Waals surface area contributed by atoms with Gasteiger partial charge >= 0.3 is 0 Å². The normalized spacial score (nSPS) is 17.3. The summed E-state index contributed by atoms with van der Waals surface area (Å²) < 4.78 is 26.3. The Hall–Kier alpha value is -0.860. The molecule has 1 aliphatic heterocycles. The number of aromatic nitrogens is 1. The van der Waals surface area contributed by atoms with Crippen LogP contribution in [0.2, 0.25) is 0 Å². The van der Waals surface area contributed by atoms with E-state index in [-0.39, 0.29) is 0 Å². The quantitative estimate of drug-likeness (QED) is 0.866. The second-order valence-corrected chi connectivity index (χ2v) is 8.24. The maximum atomic E-state index is 11.5. The molecule has 1 fully saturated rings. The maximum Gasteiger partial charge on any atom is 0.229 e. The van der Waals surface area contributed by atoms with Crippen LogP contribution in [-0.2, 0) is 10.0 Å². The van der Waals surface area contributed by atoms with Gasteiger partial charge in [0.2, 0.25) is 10.0 Å². The van der Waals surface area contributed by atoms with Crippen LogP contribution in [-0.4, -0.2) is 57.8 Å². The van der Waals surface area contributed by atoms with Gasteiger partial charge in [-0.1, -0.05) is 0 Å². The number of halogens is 1. The Labute approximate surface area is 134 Å². The van der Waals surface area contributed by atoms with Crippen LogP contribution in [0, 0.1) is 0 Å². The molecule has 1 aliphatic rings. The van der Waals surface area contributed by atoms with Gasteiger partial charge in [0.15, 0.2) is 5.82 Å². The molecule has 21 heavy (non-hydrogen) atoms. The Morgan fingerprint density at radius 2 is 2.00 bits per heavy atom. The van der Waals surface area contributed by atoms with Crippen LogP contribution >= 0.6 is 15.9 Å². The number of anilines is 2. The third kappa shape index (κ3) is 4.55. The van der Waals surface area contributed by atoms with Gasteiger partial charge in [0, 0.05) is 29.8 Å². The molecule has 0 radical (unpaired) electrons. The molecule has 1 aromatic heterocycles. The molecule has 2 heterocycles. The fraction of sp³-hybridized carbons (Fsp3) is 0.615. The number of pyridine rings is 1. The van der Waals surface area contributed by atoms with E-state index < -0.39 is 10.0 Å². The molecule has 0 amide bonds. The number of piperidine rings is 1. The summed E-state index contributed by atoms with van der Waals surface area (Å²) in [6.07, 6.45) is 4.93. The molecule has 8 heteroatoms. The summed E-state index contributed by atoms with van der Waals surface area (Å²) in [7, 11) is 0.859. The monoisotopic (exact) mass is 376 g/mol. The lowest BCUT2D eigenvalue weighted by molar-refractivity contribution is 0.249. The molecule has 0 atom stereocenters. The van der Waals surface area contributed by atoms with Gasteiger partial charge in [0.25, 0.3) is 0 Å². The Morgan fingerprint density at radius 1 is 1.38 bits per heavy atom. The van der Waals surface area contributed by atoms with Crippen LogP contribution in [0.5, 0.6) is 0 Å². The number of hydrogen-bond acceptors (Lipinski definition) is 5. The minimum absolute atomic E-state index is 0.523. The van der Waals surface area contributed by atoms with Crippen LogP contribution in [0.4, 0.5) is 11.5 Å². The molecule has 0 saturated carbocycles. The highest BCUT2D eigenvalue weighted by Gasteiger charge is 2.23. The van der Waals surface area contributed by atoms with Gasteiger partial charge in [-0.15, -0.1) is 0 Å². The molecule has 0 aromatic carbocycles. The minimum atomic E-state index is -3.33. The zero-order valence-corrected chi connectivity index (χ0v) is 14.9. The van der Waals surface area contributed by atoms with E-state index in [0.717, 1.165) is 36.7 Å². The topological polar surface area (TPSA) is 65.5 Å². The Bertz CT molecular complexity index is 598. The first-order valence-corrected chi connectivity index (χ1v) is 9.49. The highest BCUT2D eigenvalue weighted by molar-refractivity contribution is 9.10. The molecule has 0 aliphatic carbocycles. The summed E-state index contributed by atoms with van der Waals surface area (Å²) in [5.74, 6) is 0.695. The maximum absolute atomic E-state index is 11.5. The molecule has 0 bridgehead atoms. The summed E-state index contributed by atoms with van der Waals surface area (Å²) in [5, 5.41) is 0. The average Bonchev–Trinajstić information content (AvgIpc) is 2.37. The molecule has 0 spiro atoms. The summed E-state index contributed by atoms with van der Waals surface area (Å²) in [6.45, 7) is 1.74. The van der Waals surface area contributed by atoms with Gasteiger partial charge in [0.1, 0.15) is 0 Å². The minimum Gasteiger partial charge on any atom is -0.355 e. The van der Waals surface area contributed by atoms with Gasteiger partial charge in [-0.25, -0.2) is 13.4 Å². The number of sulfonamides is 1. The third-order valence-corrected chi connectivity index (χ3v) is 4.65. The van der Waals surface area contributed by atoms with E-state index in [4.69, 9.17) is 0 Å². The lowest BCUT2D eigenvalue weighted by Crippen LogP contribution is -2.42. The van der Waals surface area contributed by atoms with Gasteiger partial charge in [-0.2, -0.15) is 0 Å². The van der Waals surface area contributed by atoms with Gasteiger partial charge in [-0.3, -0.25) is 4.72 Å². The summed E-state index contributed by atoms with van der Waals surface area (Å²) in [6, 6.07) is 2.32. The van der Waals surface area contributed by atoms with Crippen molar-refractivity contribution >= 4 is 37.5 Å². The Kier molecular flexibility index (Phi) is 5.11. The zero-order chi connectivity index (χ0) is 15.6. The SMILES string of the molecule is CN(C)C1CCN(c2ncc(Br)cc2NS(C)(=O)=O)CC1. The fourth-order valence-electron chi connectivity index (χ4n) is 2.55. The van der Waals surface area contributed by atoms with Crippen molar-refractivity contribution in [2.24, 2.45) is 0 Å². The van der Waals surface area contributed by atoms with E-state index in [1.54, 1.807) is 12.3 Å². The first-order chi connectivity index (χ1) is 9.76. The van der Waals surface area contributed by atoms with Gasteiger partial charge < -0.3 is 9.80 Å². The van der Waals surface area contributed by atoms with Crippen LogP contribution in [0.3, 0.4) is 0 Å². The van der Waals surface area contributed by atoms with Crippen LogP contribution in [0.25, 0.3) is 0 Å². The van der Waals surface area contributed by atoms with Crippen LogP contribution < -0.4 is 9.62 Å². The summed E-state index contributed by atoms with van der Waals surface area (Å²) >= 11 is 3.33. The van der Waals surface area contributed by atoms with Crippen molar-refractivity contribution < 1.29 is 8.42 Å². The molecule has 0 unspecified atom stereocenters. The van der Waals surface area contributed by atoms with Crippen molar-refractivity contribution in [3.05, 3.63) is 16.7 Å². The van der Waals surface area contributed by atoms with E-state index in [1.165, 1.54) is 0 Å². The number of hydrogen-bond donors (Lipinski definition) is 1. The predicted molar refractivity (Wildman–Crippen MR) is 89.3 cm³/mol. The van der Waals surface area contributed by atoms with Crippen LogP contribution in [0.1, 0.15) is 12.8 Å². The van der Waals surface area contributed by atoms with Gasteiger partial charge in [-0.05, 0) is 48.9 Å². The zero-order valence-electron chi connectivity index (χ0n) is 12.5.